The van der Waals surface area contributed by atoms with E-state index in [2.05, 4.69) is 19.2 Å². The van der Waals surface area contributed by atoms with Crippen molar-refractivity contribution >= 4 is 11.8 Å². The summed E-state index contributed by atoms with van der Waals surface area (Å²) in [5.74, 6) is 0.243. The van der Waals surface area contributed by atoms with Crippen molar-refractivity contribution < 1.29 is 9.59 Å². The van der Waals surface area contributed by atoms with Crippen molar-refractivity contribution in [2.75, 3.05) is 0 Å². The Morgan fingerprint density at radius 3 is 2.42 bits per heavy atom. The Morgan fingerprint density at radius 1 is 1.32 bits per heavy atom. The van der Waals surface area contributed by atoms with Crippen LogP contribution in [0.15, 0.2) is 0 Å². The lowest BCUT2D eigenvalue weighted by molar-refractivity contribution is -0.153. The van der Waals surface area contributed by atoms with Gasteiger partial charge in [-0.3, -0.25) is 9.59 Å². The van der Waals surface area contributed by atoms with E-state index in [1.54, 1.807) is 6.92 Å². The van der Waals surface area contributed by atoms with Crippen LogP contribution < -0.4 is 5.32 Å². The molecule has 1 N–H and O–H groups in total. The second-order valence-electron chi connectivity index (χ2n) is 7.23. The molecule has 3 unspecified atom stereocenters. The fourth-order valence-electron chi connectivity index (χ4n) is 3.52. The zero-order chi connectivity index (χ0) is 14.4. The Kier molecular flexibility index (Phi) is 3.63. The van der Waals surface area contributed by atoms with Crippen LogP contribution in [-0.4, -0.2) is 34.8 Å². The molecule has 3 atom stereocenters. The van der Waals surface area contributed by atoms with Crippen molar-refractivity contribution in [1.82, 2.24) is 10.2 Å². The van der Waals surface area contributed by atoms with Crippen molar-refractivity contribution in [3.8, 4) is 0 Å². The van der Waals surface area contributed by atoms with E-state index < -0.39 is 0 Å². The normalized spacial score (nSPS) is 34.8. The Morgan fingerprint density at radius 2 is 1.95 bits per heavy atom. The molecule has 19 heavy (non-hydrogen) atoms. The van der Waals surface area contributed by atoms with Gasteiger partial charge in [-0.25, -0.2) is 0 Å². The first-order chi connectivity index (χ1) is 8.73. The molecular weight excluding hydrogens is 240 g/mol. The maximum Gasteiger partial charge on any atom is 0.245 e. The maximum absolute atomic E-state index is 12.5. The van der Waals surface area contributed by atoms with Crippen molar-refractivity contribution in [2.45, 2.75) is 72.0 Å². The SMILES string of the molecule is CC1NC(=O)C(C(C)C)N(C2CCC(C)(C)C2)C1=O. The predicted octanol–water partition coefficient (Wildman–Crippen LogP) is 1.94. The number of carbonyl (C=O) groups is 2. The lowest BCUT2D eigenvalue weighted by Crippen LogP contribution is -2.66. The van der Waals surface area contributed by atoms with Gasteiger partial charge in [0, 0.05) is 6.04 Å². The molecule has 0 aromatic rings. The van der Waals surface area contributed by atoms with Crippen LogP contribution in [0.25, 0.3) is 0 Å². The van der Waals surface area contributed by atoms with Crippen LogP contribution in [0.3, 0.4) is 0 Å². The van der Waals surface area contributed by atoms with E-state index in [1.807, 2.05) is 18.7 Å². The molecule has 1 aliphatic heterocycles. The molecule has 2 fully saturated rings. The summed E-state index contributed by atoms with van der Waals surface area (Å²) in [6.07, 6.45) is 3.15. The van der Waals surface area contributed by atoms with Gasteiger partial charge >= 0.3 is 0 Å². The molecule has 2 rings (SSSR count). The highest BCUT2D eigenvalue weighted by molar-refractivity contribution is 5.97. The van der Waals surface area contributed by atoms with E-state index in [0.29, 0.717) is 0 Å². The number of hydrogen-bond donors (Lipinski definition) is 1. The quantitative estimate of drug-likeness (QED) is 0.830. The number of amides is 2. The monoisotopic (exact) mass is 266 g/mol. The lowest BCUT2D eigenvalue weighted by atomic mass is 9.90. The first kappa shape index (κ1) is 14.4. The van der Waals surface area contributed by atoms with Crippen LogP contribution in [0, 0.1) is 11.3 Å². The number of nitrogens with one attached hydrogen (secondary N) is 1. The van der Waals surface area contributed by atoms with Gasteiger partial charge in [0.05, 0.1) is 0 Å². The van der Waals surface area contributed by atoms with Gasteiger partial charge < -0.3 is 10.2 Å². The first-order valence-electron chi connectivity index (χ1n) is 7.35. The second-order valence-corrected chi connectivity index (χ2v) is 7.23. The number of hydrogen-bond acceptors (Lipinski definition) is 2. The molecule has 108 valence electrons. The summed E-state index contributed by atoms with van der Waals surface area (Å²) in [6.45, 7) is 10.3. The molecule has 1 aliphatic carbocycles. The Bertz CT molecular complexity index is 390. The van der Waals surface area contributed by atoms with Gasteiger partial charge in [0.1, 0.15) is 12.1 Å². The molecule has 0 aromatic heterocycles. The maximum atomic E-state index is 12.5. The van der Waals surface area contributed by atoms with Crippen LogP contribution in [0.1, 0.15) is 53.9 Å². The fraction of sp³-hybridized carbons (Fsp3) is 0.867. The zero-order valence-corrected chi connectivity index (χ0v) is 12.7. The Labute approximate surface area is 115 Å². The van der Waals surface area contributed by atoms with E-state index in [1.165, 1.54) is 0 Å². The van der Waals surface area contributed by atoms with Gasteiger partial charge in [0.15, 0.2) is 0 Å². The van der Waals surface area contributed by atoms with Gasteiger partial charge in [-0.05, 0) is 37.5 Å². The van der Waals surface area contributed by atoms with E-state index in [9.17, 15) is 9.59 Å². The van der Waals surface area contributed by atoms with E-state index in [4.69, 9.17) is 0 Å². The summed E-state index contributed by atoms with van der Waals surface area (Å²) in [4.78, 5) is 26.6. The van der Waals surface area contributed by atoms with Crippen molar-refractivity contribution in [1.29, 1.82) is 0 Å². The molecule has 1 heterocycles. The largest absolute Gasteiger partial charge is 0.343 e. The molecule has 2 aliphatic rings. The minimum Gasteiger partial charge on any atom is -0.343 e. The highest BCUT2D eigenvalue weighted by Gasteiger charge is 2.46. The van der Waals surface area contributed by atoms with Crippen LogP contribution >= 0.6 is 0 Å². The predicted molar refractivity (Wildman–Crippen MR) is 74.5 cm³/mol. The van der Waals surface area contributed by atoms with E-state index in [0.717, 1.165) is 19.3 Å². The van der Waals surface area contributed by atoms with Gasteiger partial charge in [-0.15, -0.1) is 0 Å². The zero-order valence-electron chi connectivity index (χ0n) is 12.7. The van der Waals surface area contributed by atoms with E-state index >= 15 is 0 Å². The third-order valence-corrected chi connectivity index (χ3v) is 4.52. The topological polar surface area (TPSA) is 49.4 Å². The molecule has 1 saturated heterocycles. The van der Waals surface area contributed by atoms with Crippen molar-refractivity contribution in [3.63, 3.8) is 0 Å². The van der Waals surface area contributed by atoms with Gasteiger partial charge in [0.25, 0.3) is 0 Å². The molecule has 0 radical (unpaired) electrons. The third kappa shape index (κ3) is 2.63. The third-order valence-electron chi connectivity index (χ3n) is 4.52. The number of carbonyl (C=O) groups excluding carboxylic acids is 2. The highest BCUT2D eigenvalue weighted by atomic mass is 16.2. The molecular formula is C15H26N2O2. The molecule has 0 aromatic carbocycles. The van der Waals surface area contributed by atoms with Crippen molar-refractivity contribution in [2.24, 2.45) is 11.3 Å². The Hall–Kier alpha value is -1.06. The molecule has 4 nitrogen and oxygen atoms in total. The minimum absolute atomic E-state index is 0.00630. The summed E-state index contributed by atoms with van der Waals surface area (Å²) in [7, 11) is 0. The molecule has 0 bridgehead atoms. The smallest absolute Gasteiger partial charge is 0.245 e. The molecule has 4 heteroatoms. The summed E-state index contributed by atoms with van der Waals surface area (Å²) in [6, 6.07) is -0.461. The Balaban J connectivity index is 2.27. The highest BCUT2D eigenvalue weighted by Crippen LogP contribution is 2.41. The number of rotatable bonds is 2. The summed E-state index contributed by atoms with van der Waals surface area (Å²) in [5.41, 5.74) is 0.281. The van der Waals surface area contributed by atoms with Crippen molar-refractivity contribution in [3.05, 3.63) is 0 Å². The minimum atomic E-state index is -0.383. The summed E-state index contributed by atoms with van der Waals surface area (Å²) >= 11 is 0. The van der Waals surface area contributed by atoms with Gasteiger partial charge in [-0.2, -0.15) is 0 Å². The average Bonchev–Trinajstić information content (AvgIpc) is 2.62. The standard InChI is InChI=1S/C15H26N2O2/c1-9(2)12-13(18)16-10(3)14(19)17(12)11-6-7-15(4,5)8-11/h9-12H,6-8H2,1-5H3,(H,16,18). The van der Waals surface area contributed by atoms with Crippen LogP contribution in [-0.2, 0) is 9.59 Å². The fourth-order valence-corrected chi connectivity index (χ4v) is 3.52. The van der Waals surface area contributed by atoms with Crippen LogP contribution in [0.2, 0.25) is 0 Å². The molecule has 2 amide bonds. The first-order valence-corrected chi connectivity index (χ1v) is 7.35. The number of piperazine rings is 1. The van der Waals surface area contributed by atoms with Gasteiger partial charge in [-0.1, -0.05) is 27.7 Å². The summed E-state index contributed by atoms with van der Waals surface area (Å²) in [5, 5.41) is 2.80. The van der Waals surface area contributed by atoms with Gasteiger partial charge in [0.2, 0.25) is 11.8 Å². The van der Waals surface area contributed by atoms with E-state index in [-0.39, 0.29) is 41.3 Å². The molecule has 0 spiro atoms. The lowest BCUT2D eigenvalue weighted by Gasteiger charge is -2.43. The summed E-state index contributed by atoms with van der Waals surface area (Å²) < 4.78 is 0. The average molecular weight is 266 g/mol. The molecule has 1 saturated carbocycles. The van der Waals surface area contributed by atoms with Crippen LogP contribution in [0.4, 0.5) is 0 Å². The second kappa shape index (κ2) is 4.80. The number of nitrogens with zero attached hydrogens (tertiary/aromatic N) is 1. The van der Waals surface area contributed by atoms with Crippen LogP contribution in [0.5, 0.6) is 0 Å².